The number of hydrogen-bond donors (Lipinski definition) is 1. The molecule has 1 unspecified atom stereocenters. The third-order valence-electron chi connectivity index (χ3n) is 5.27. The van der Waals surface area contributed by atoms with Gasteiger partial charge in [0.2, 0.25) is 0 Å². The second kappa shape index (κ2) is 9.04. The summed E-state index contributed by atoms with van der Waals surface area (Å²) in [5, 5.41) is 2.62. The van der Waals surface area contributed by atoms with E-state index in [2.05, 4.69) is 19.2 Å². The SMILES string of the molecule is Cc1c(NC(=O)C(C)OC(=O)c2ccc(C(C)C)cc2)c(=O)n(-c2ccccc2)n1C. The normalized spacial score (nSPS) is 11.9. The summed E-state index contributed by atoms with van der Waals surface area (Å²) in [4.78, 5) is 38.0. The van der Waals surface area contributed by atoms with Crippen molar-refractivity contribution in [3.05, 3.63) is 81.8 Å². The van der Waals surface area contributed by atoms with Crippen LogP contribution in [0.15, 0.2) is 59.4 Å². The standard InChI is InChI=1S/C24H27N3O4/c1-15(2)18-11-13-19(14-12-18)24(30)31-17(4)22(28)25-21-16(3)26(5)27(23(21)29)20-9-7-6-8-10-20/h6-15,17H,1-5H3,(H,25,28). The van der Waals surface area contributed by atoms with Crippen molar-refractivity contribution < 1.29 is 14.3 Å². The third kappa shape index (κ3) is 4.60. The van der Waals surface area contributed by atoms with Crippen LogP contribution in [-0.2, 0) is 16.6 Å². The molecule has 1 atom stereocenters. The molecule has 2 aromatic carbocycles. The molecule has 7 heteroatoms. The molecule has 0 radical (unpaired) electrons. The Kier molecular flexibility index (Phi) is 6.44. The van der Waals surface area contributed by atoms with Crippen molar-refractivity contribution >= 4 is 17.6 Å². The molecule has 3 aromatic rings. The highest BCUT2D eigenvalue weighted by Crippen LogP contribution is 2.17. The summed E-state index contributed by atoms with van der Waals surface area (Å²) in [6.45, 7) is 7.35. The molecule has 7 nitrogen and oxygen atoms in total. The largest absolute Gasteiger partial charge is 0.449 e. The molecule has 1 N–H and O–H groups in total. The lowest BCUT2D eigenvalue weighted by Gasteiger charge is -2.13. The molecular formula is C24H27N3O4. The Labute approximate surface area is 181 Å². The Bertz CT molecular complexity index is 1140. The van der Waals surface area contributed by atoms with Crippen molar-refractivity contribution in [1.29, 1.82) is 0 Å². The van der Waals surface area contributed by atoms with Crippen molar-refractivity contribution in [2.45, 2.75) is 39.7 Å². The summed E-state index contributed by atoms with van der Waals surface area (Å²) < 4.78 is 8.44. The summed E-state index contributed by atoms with van der Waals surface area (Å²) >= 11 is 0. The van der Waals surface area contributed by atoms with Crippen LogP contribution in [0.25, 0.3) is 5.69 Å². The first-order valence-electron chi connectivity index (χ1n) is 10.2. The summed E-state index contributed by atoms with van der Waals surface area (Å²) in [7, 11) is 1.74. The van der Waals surface area contributed by atoms with E-state index in [1.807, 2.05) is 30.3 Å². The van der Waals surface area contributed by atoms with E-state index in [1.165, 1.54) is 11.6 Å². The predicted octanol–water partition coefficient (Wildman–Crippen LogP) is 3.79. The molecule has 31 heavy (non-hydrogen) atoms. The van der Waals surface area contributed by atoms with Crippen LogP contribution in [-0.4, -0.2) is 27.3 Å². The van der Waals surface area contributed by atoms with Crippen molar-refractivity contribution in [3.63, 3.8) is 0 Å². The zero-order valence-electron chi connectivity index (χ0n) is 18.4. The van der Waals surface area contributed by atoms with E-state index < -0.39 is 18.0 Å². The third-order valence-corrected chi connectivity index (χ3v) is 5.27. The van der Waals surface area contributed by atoms with Crippen LogP contribution in [0.2, 0.25) is 0 Å². The fourth-order valence-electron chi connectivity index (χ4n) is 3.22. The topological polar surface area (TPSA) is 82.3 Å². The van der Waals surface area contributed by atoms with Crippen LogP contribution < -0.4 is 10.9 Å². The first-order chi connectivity index (χ1) is 14.7. The van der Waals surface area contributed by atoms with Crippen LogP contribution in [0.3, 0.4) is 0 Å². The highest BCUT2D eigenvalue weighted by Gasteiger charge is 2.23. The number of nitrogens with zero attached hydrogens (tertiary/aromatic N) is 2. The van der Waals surface area contributed by atoms with Gasteiger partial charge in [-0.3, -0.25) is 14.3 Å². The first kappa shape index (κ1) is 22.1. The van der Waals surface area contributed by atoms with Gasteiger partial charge in [-0.1, -0.05) is 44.2 Å². The molecule has 0 fully saturated rings. The zero-order chi connectivity index (χ0) is 22.7. The van der Waals surface area contributed by atoms with E-state index in [9.17, 15) is 14.4 Å². The molecule has 0 aliphatic heterocycles. The van der Waals surface area contributed by atoms with Crippen LogP contribution in [0.1, 0.15) is 48.3 Å². The average Bonchev–Trinajstić information content (AvgIpc) is 2.97. The zero-order valence-corrected chi connectivity index (χ0v) is 18.4. The number of ether oxygens (including phenoxy) is 1. The number of amides is 1. The molecule has 0 aliphatic rings. The smallest absolute Gasteiger partial charge is 0.338 e. The number of benzene rings is 2. The van der Waals surface area contributed by atoms with Gasteiger partial charge < -0.3 is 10.1 Å². The number of rotatable bonds is 6. The number of esters is 1. The highest BCUT2D eigenvalue weighted by atomic mass is 16.5. The Morgan fingerprint density at radius 3 is 2.16 bits per heavy atom. The summed E-state index contributed by atoms with van der Waals surface area (Å²) in [5.74, 6) is -0.814. The van der Waals surface area contributed by atoms with E-state index in [1.54, 1.807) is 42.9 Å². The number of carbonyl (C=O) groups is 2. The maximum Gasteiger partial charge on any atom is 0.338 e. The van der Waals surface area contributed by atoms with Crippen LogP contribution in [0.5, 0.6) is 0 Å². The van der Waals surface area contributed by atoms with Gasteiger partial charge in [0.25, 0.3) is 11.5 Å². The molecular weight excluding hydrogens is 394 g/mol. The molecule has 1 aromatic heterocycles. The van der Waals surface area contributed by atoms with Gasteiger partial charge in [0.15, 0.2) is 6.10 Å². The number of aromatic nitrogens is 2. The predicted molar refractivity (Wildman–Crippen MR) is 120 cm³/mol. The van der Waals surface area contributed by atoms with Crippen molar-refractivity contribution in [1.82, 2.24) is 9.36 Å². The first-order valence-corrected chi connectivity index (χ1v) is 10.2. The number of anilines is 1. The molecule has 0 bridgehead atoms. The Morgan fingerprint density at radius 1 is 0.968 bits per heavy atom. The minimum atomic E-state index is -1.07. The van der Waals surface area contributed by atoms with E-state index in [4.69, 9.17) is 4.74 Å². The minimum absolute atomic E-state index is 0.153. The lowest BCUT2D eigenvalue weighted by molar-refractivity contribution is -0.123. The maximum absolute atomic E-state index is 12.9. The minimum Gasteiger partial charge on any atom is -0.449 e. The molecule has 1 amide bonds. The van der Waals surface area contributed by atoms with E-state index >= 15 is 0 Å². The number of carbonyl (C=O) groups excluding carboxylic acids is 2. The molecule has 1 heterocycles. The Morgan fingerprint density at radius 2 is 1.58 bits per heavy atom. The van der Waals surface area contributed by atoms with E-state index in [0.29, 0.717) is 22.9 Å². The van der Waals surface area contributed by atoms with Gasteiger partial charge in [-0.05, 0) is 49.6 Å². The Balaban J connectivity index is 1.74. The van der Waals surface area contributed by atoms with Gasteiger partial charge in [0.05, 0.1) is 16.9 Å². The average molecular weight is 421 g/mol. The monoisotopic (exact) mass is 421 g/mol. The second-order valence-electron chi connectivity index (χ2n) is 7.75. The van der Waals surface area contributed by atoms with Crippen LogP contribution >= 0.6 is 0 Å². The summed E-state index contributed by atoms with van der Waals surface area (Å²) in [6, 6.07) is 16.2. The fourth-order valence-corrected chi connectivity index (χ4v) is 3.22. The van der Waals surface area contributed by atoms with Crippen molar-refractivity contribution in [2.75, 3.05) is 5.32 Å². The molecule has 0 saturated carbocycles. The number of nitrogens with one attached hydrogen (secondary N) is 1. The number of hydrogen-bond acceptors (Lipinski definition) is 4. The van der Waals surface area contributed by atoms with Crippen LogP contribution in [0, 0.1) is 6.92 Å². The molecule has 0 spiro atoms. The van der Waals surface area contributed by atoms with E-state index in [0.717, 1.165) is 5.56 Å². The van der Waals surface area contributed by atoms with Crippen molar-refractivity contribution in [2.24, 2.45) is 7.05 Å². The maximum atomic E-state index is 12.9. The van der Waals surface area contributed by atoms with Gasteiger partial charge in [0.1, 0.15) is 5.69 Å². The van der Waals surface area contributed by atoms with E-state index in [-0.39, 0.29) is 11.2 Å². The lowest BCUT2D eigenvalue weighted by Crippen LogP contribution is -2.32. The molecule has 0 aliphatic carbocycles. The van der Waals surface area contributed by atoms with Gasteiger partial charge in [-0.25, -0.2) is 9.48 Å². The highest BCUT2D eigenvalue weighted by molar-refractivity contribution is 5.97. The summed E-state index contributed by atoms with van der Waals surface area (Å²) in [5.41, 5.74) is 2.54. The van der Waals surface area contributed by atoms with Gasteiger partial charge in [-0.15, -0.1) is 0 Å². The van der Waals surface area contributed by atoms with Gasteiger partial charge in [-0.2, -0.15) is 0 Å². The molecule has 0 saturated heterocycles. The van der Waals surface area contributed by atoms with Gasteiger partial charge >= 0.3 is 5.97 Å². The lowest BCUT2D eigenvalue weighted by atomic mass is 10.0. The fraction of sp³-hybridized carbons (Fsp3) is 0.292. The molecule has 162 valence electrons. The van der Waals surface area contributed by atoms with Gasteiger partial charge in [0, 0.05) is 7.05 Å². The number of para-hydroxylation sites is 1. The Hall–Kier alpha value is -3.61. The van der Waals surface area contributed by atoms with Crippen LogP contribution in [0.4, 0.5) is 5.69 Å². The van der Waals surface area contributed by atoms with Crippen molar-refractivity contribution in [3.8, 4) is 5.69 Å². The molecule has 3 rings (SSSR count). The second-order valence-corrected chi connectivity index (χ2v) is 7.75. The quantitative estimate of drug-likeness (QED) is 0.614. The summed E-state index contributed by atoms with van der Waals surface area (Å²) in [6.07, 6.45) is -1.07.